The van der Waals surface area contributed by atoms with Gasteiger partial charge in [0.15, 0.2) is 0 Å². The van der Waals surface area contributed by atoms with Crippen molar-refractivity contribution in [2.75, 3.05) is 0 Å². The first-order valence-corrected chi connectivity index (χ1v) is 34.5. The molecule has 0 radical (unpaired) electrons. The third-order valence-corrected chi connectivity index (χ3v) is 16.3. The van der Waals surface area contributed by atoms with E-state index in [1.807, 2.05) is 71.9 Å². The molecule has 0 amide bonds. The van der Waals surface area contributed by atoms with Crippen LogP contribution in [-0.2, 0) is 19.3 Å². The highest BCUT2D eigenvalue weighted by molar-refractivity contribution is 6.23. The zero-order chi connectivity index (χ0) is 65.2. The Morgan fingerprint density at radius 2 is 0.674 bits per heavy atom. The molecule has 0 aliphatic heterocycles. The number of aromatic hydroxyl groups is 1. The maximum Gasteiger partial charge on any atom is 0.115 e. The van der Waals surface area contributed by atoms with E-state index in [1.165, 1.54) is 128 Å². The number of unbranched alkanes of at least 4 members (excludes halogenated alkanes) is 2. The molecule has 11 aromatic rings. The summed E-state index contributed by atoms with van der Waals surface area (Å²) in [5.41, 5.74) is 9.35. The van der Waals surface area contributed by atoms with E-state index in [4.69, 9.17) is 0 Å². The first kappa shape index (κ1) is 75.8. The molecular weight excluding hydrogens is 1070 g/mol. The molecule has 2 unspecified atom stereocenters. The van der Waals surface area contributed by atoms with Crippen molar-refractivity contribution in [2.24, 2.45) is 23.7 Å². The molecule has 2 atom stereocenters. The van der Waals surface area contributed by atoms with Gasteiger partial charge in [0.1, 0.15) is 5.75 Å². The molecule has 0 fully saturated rings. The second-order valence-electron chi connectivity index (χ2n) is 23.6. The zero-order valence-electron chi connectivity index (χ0n) is 58.2. The van der Waals surface area contributed by atoms with E-state index in [9.17, 15) is 5.11 Å². The Balaban J connectivity index is 0.000000279. The molecule has 0 heterocycles. The van der Waals surface area contributed by atoms with E-state index in [1.54, 1.807) is 12.1 Å². The first-order valence-electron chi connectivity index (χ1n) is 34.5. The van der Waals surface area contributed by atoms with Gasteiger partial charge >= 0.3 is 0 Å². The van der Waals surface area contributed by atoms with Crippen molar-refractivity contribution in [3.63, 3.8) is 0 Å². The van der Waals surface area contributed by atoms with Crippen LogP contribution in [0.3, 0.4) is 0 Å². The van der Waals surface area contributed by atoms with E-state index in [-0.39, 0.29) is 0 Å². The topological polar surface area (TPSA) is 20.2 Å². The van der Waals surface area contributed by atoms with E-state index in [0.29, 0.717) is 11.7 Å². The summed E-state index contributed by atoms with van der Waals surface area (Å²) in [6.45, 7) is 35.0. The van der Waals surface area contributed by atoms with Gasteiger partial charge < -0.3 is 5.11 Å². The second-order valence-corrected chi connectivity index (χ2v) is 23.6. The van der Waals surface area contributed by atoms with Crippen LogP contribution in [0.2, 0.25) is 0 Å². The molecule has 1 nitrogen and oxygen atoms in total. The molecule has 0 saturated carbocycles. The lowest BCUT2D eigenvalue weighted by atomic mass is 9.89. The van der Waals surface area contributed by atoms with Gasteiger partial charge in [0.2, 0.25) is 0 Å². The van der Waals surface area contributed by atoms with Crippen molar-refractivity contribution in [3.05, 3.63) is 282 Å². The predicted octanol–water partition coefficient (Wildman–Crippen LogP) is 27.2. The summed E-state index contributed by atoms with van der Waals surface area (Å²) < 4.78 is 0. The normalized spacial score (nSPS) is 11.0. The Hall–Kier alpha value is -7.48. The Labute approximate surface area is 543 Å². The van der Waals surface area contributed by atoms with Gasteiger partial charge in [-0.15, -0.1) is 0 Å². The molecule has 89 heavy (non-hydrogen) atoms. The quantitative estimate of drug-likeness (QED) is 0.0901. The molecule has 0 aliphatic rings. The molecule has 11 aromatic carbocycles. The molecule has 0 bridgehead atoms. The predicted molar refractivity (Wildman–Crippen MR) is 401 cm³/mol. The summed E-state index contributed by atoms with van der Waals surface area (Å²) in [5.74, 6) is 4.61. The number of phenols is 1. The summed E-state index contributed by atoms with van der Waals surface area (Å²) in [4.78, 5) is 0. The molecule has 1 heteroatoms. The molecule has 0 saturated heterocycles. The number of hydrogen-bond donors (Lipinski definition) is 1. The van der Waals surface area contributed by atoms with Crippen molar-refractivity contribution in [3.8, 4) is 5.75 Å². The van der Waals surface area contributed by atoms with Crippen molar-refractivity contribution in [1.29, 1.82) is 0 Å². The van der Waals surface area contributed by atoms with Crippen molar-refractivity contribution in [2.45, 2.75) is 187 Å². The minimum atomic E-state index is 0.332. The van der Waals surface area contributed by atoms with Gasteiger partial charge in [-0.1, -0.05) is 393 Å². The highest BCUT2D eigenvalue weighted by Crippen LogP contribution is 2.38. The zero-order valence-corrected chi connectivity index (χ0v) is 58.2. The van der Waals surface area contributed by atoms with Crippen molar-refractivity contribution < 1.29 is 5.11 Å². The average Bonchev–Trinajstić information content (AvgIpc) is 1.15. The van der Waals surface area contributed by atoms with Gasteiger partial charge in [-0.05, 0) is 143 Å². The SMILES string of the molecule is CC.CC.CC.CC(C)c1ccc2ccc3cccc4ccc1c2c34.CCCCC(CC)C(C)C.CCCCC(CC)C(C)C.Oc1cccc(Cc2ccccc2)c1.c1ccc(Cc2cccc3ccccc23)cc1.c1ccc(Cc2ccccc2)cc1. The van der Waals surface area contributed by atoms with E-state index < -0.39 is 0 Å². The van der Waals surface area contributed by atoms with Crippen LogP contribution in [0.15, 0.2) is 243 Å². The van der Waals surface area contributed by atoms with E-state index >= 15 is 0 Å². The van der Waals surface area contributed by atoms with Gasteiger partial charge in [0.25, 0.3) is 0 Å². The smallest absolute Gasteiger partial charge is 0.115 e. The lowest BCUT2D eigenvalue weighted by Crippen LogP contribution is -2.06. The van der Waals surface area contributed by atoms with Crippen LogP contribution in [0.25, 0.3) is 43.1 Å². The summed E-state index contributed by atoms with van der Waals surface area (Å²) in [5, 5.41) is 20.3. The number of phenolic OH excluding ortho intramolecular Hbond substituents is 1. The number of hydrogen-bond acceptors (Lipinski definition) is 1. The minimum Gasteiger partial charge on any atom is -0.508 e. The maximum absolute atomic E-state index is 9.29. The lowest BCUT2D eigenvalue weighted by molar-refractivity contribution is 0.339. The fourth-order valence-electron chi connectivity index (χ4n) is 11.4. The van der Waals surface area contributed by atoms with Crippen LogP contribution in [0, 0.1) is 23.7 Å². The molecule has 474 valence electrons. The summed E-state index contributed by atoms with van der Waals surface area (Å²) in [6, 6.07) is 84.5. The van der Waals surface area contributed by atoms with Crippen LogP contribution in [0.1, 0.15) is 207 Å². The Bertz CT molecular complexity index is 3390. The van der Waals surface area contributed by atoms with Gasteiger partial charge in [-0.3, -0.25) is 0 Å². The fraction of sp³-hybridized carbons (Fsp3) is 0.364. The number of rotatable bonds is 17. The standard InChI is InChI=1S/C19H16.C17H14.C13H12O.C13H12.2C10H22.3C2H6/c1-12(2)16-10-8-15-7-6-13-4-3-5-14-9-11-17(16)19(15)18(13)14;1-2-7-14(8-3-1)13-16-11-6-10-15-9-4-5-12-17(15)16;14-13-8-4-7-12(10-13)9-11-5-2-1-3-6-11;1-3-7-12(8-4-1)11-13-9-5-2-6-10-13;2*1-5-7-8-10(6-2)9(3)4;3*1-2/h3-12H,1-2H3;1-12H,13H2;1-8,10,14H,9H2;1-10H,11H2;2*9-10H,5-8H2,1-4H3;3*1-2H3. The average molecular weight is 1190 g/mol. The number of fused-ring (bicyclic) bond motifs is 1. The molecule has 11 rings (SSSR count). The van der Waals surface area contributed by atoms with Crippen LogP contribution < -0.4 is 0 Å². The molecule has 0 aromatic heterocycles. The monoisotopic (exact) mass is 1190 g/mol. The van der Waals surface area contributed by atoms with Gasteiger partial charge in [-0.25, -0.2) is 0 Å². The molecule has 0 spiro atoms. The highest BCUT2D eigenvalue weighted by Gasteiger charge is 2.13. The molecule has 1 N–H and O–H groups in total. The molecular formula is C88H116O. The Morgan fingerprint density at radius 3 is 1.11 bits per heavy atom. The van der Waals surface area contributed by atoms with Gasteiger partial charge in [-0.2, -0.15) is 0 Å². The Morgan fingerprint density at radius 1 is 0.315 bits per heavy atom. The minimum absolute atomic E-state index is 0.332. The lowest BCUT2D eigenvalue weighted by Gasteiger charge is -2.17. The largest absolute Gasteiger partial charge is 0.508 e. The highest BCUT2D eigenvalue weighted by atomic mass is 16.3. The summed E-state index contributed by atoms with van der Waals surface area (Å²) in [6.07, 6.45) is 14.0. The van der Waals surface area contributed by atoms with Crippen LogP contribution in [0.5, 0.6) is 5.75 Å². The molecule has 0 aliphatic carbocycles. The van der Waals surface area contributed by atoms with Crippen LogP contribution in [-0.4, -0.2) is 5.11 Å². The van der Waals surface area contributed by atoms with E-state index in [0.717, 1.165) is 48.5 Å². The van der Waals surface area contributed by atoms with E-state index in [2.05, 4.69) is 269 Å². The van der Waals surface area contributed by atoms with Gasteiger partial charge in [0, 0.05) is 0 Å². The third kappa shape index (κ3) is 26.6. The van der Waals surface area contributed by atoms with Crippen LogP contribution >= 0.6 is 0 Å². The maximum atomic E-state index is 9.29. The summed E-state index contributed by atoms with van der Waals surface area (Å²) in [7, 11) is 0. The van der Waals surface area contributed by atoms with Crippen molar-refractivity contribution >= 4 is 43.1 Å². The summed E-state index contributed by atoms with van der Waals surface area (Å²) >= 11 is 0. The van der Waals surface area contributed by atoms with Crippen LogP contribution in [0.4, 0.5) is 0 Å². The van der Waals surface area contributed by atoms with Crippen molar-refractivity contribution in [1.82, 2.24) is 0 Å². The first-order chi connectivity index (χ1) is 43.4. The second kappa shape index (κ2) is 44.9. The fourth-order valence-corrected chi connectivity index (χ4v) is 11.4. The van der Waals surface area contributed by atoms with Gasteiger partial charge in [0.05, 0.1) is 0 Å². The number of benzene rings is 11. The third-order valence-electron chi connectivity index (χ3n) is 16.3. The Kier molecular flexibility index (Phi) is 38.2.